The van der Waals surface area contributed by atoms with Crippen molar-refractivity contribution in [3.05, 3.63) is 42.2 Å². The number of nitrogens with zero attached hydrogens (tertiary/aromatic N) is 3. The number of carbonyl (C=O) groups excluding carboxylic acids is 1. The number of ether oxygens (including phenoxy) is 1. The highest BCUT2D eigenvalue weighted by atomic mass is 19.1. The Bertz CT molecular complexity index is 989. The molecule has 0 unspecified atom stereocenters. The number of fused-ring (bicyclic) bond motifs is 1. The van der Waals surface area contributed by atoms with Gasteiger partial charge in [-0.15, -0.1) is 0 Å². The van der Waals surface area contributed by atoms with Gasteiger partial charge in [-0.25, -0.2) is 14.4 Å². The summed E-state index contributed by atoms with van der Waals surface area (Å²) in [7, 11) is 5.32. The number of hydrogen-bond acceptors (Lipinski definition) is 5. The Kier molecular flexibility index (Phi) is 4.71. The number of nitrogens with one attached hydrogen (secondary N) is 1. The molecule has 0 radical (unpaired) electrons. The van der Waals surface area contributed by atoms with Gasteiger partial charge >= 0.3 is 0 Å². The van der Waals surface area contributed by atoms with Crippen molar-refractivity contribution in [3.8, 4) is 17.1 Å². The number of hydrogen-bond donors (Lipinski definition) is 1. The topological polar surface area (TPSA) is 67.3 Å². The van der Waals surface area contributed by atoms with Crippen LogP contribution in [0.25, 0.3) is 22.3 Å². The molecular weight excluding hydrogens is 335 g/mol. The molecule has 0 aliphatic rings. The fraction of sp³-hybridized carbons (Fsp3) is 0.211. The number of benzene rings is 2. The molecule has 0 saturated heterocycles. The lowest BCUT2D eigenvalue weighted by Crippen LogP contribution is -2.12. The molecule has 3 rings (SSSR count). The zero-order valence-electron chi connectivity index (χ0n) is 15.0. The zero-order chi connectivity index (χ0) is 18.8. The van der Waals surface area contributed by atoms with Crippen LogP contribution in [-0.4, -0.2) is 37.1 Å². The molecule has 1 aromatic heterocycles. The van der Waals surface area contributed by atoms with Gasteiger partial charge in [0.1, 0.15) is 17.4 Å². The van der Waals surface area contributed by atoms with Crippen molar-refractivity contribution < 1.29 is 13.9 Å². The third kappa shape index (κ3) is 3.42. The maximum Gasteiger partial charge on any atom is 0.221 e. The number of halogens is 1. The molecule has 0 fully saturated rings. The van der Waals surface area contributed by atoms with Crippen molar-refractivity contribution >= 4 is 28.3 Å². The van der Waals surface area contributed by atoms with Gasteiger partial charge in [-0.2, -0.15) is 0 Å². The van der Waals surface area contributed by atoms with E-state index in [-0.39, 0.29) is 17.3 Å². The number of aromatic nitrogens is 2. The highest BCUT2D eigenvalue weighted by molar-refractivity contribution is 5.92. The van der Waals surface area contributed by atoms with Gasteiger partial charge in [-0.05, 0) is 36.4 Å². The fourth-order valence-electron chi connectivity index (χ4n) is 2.66. The van der Waals surface area contributed by atoms with Crippen LogP contribution in [0.4, 0.5) is 15.9 Å². The van der Waals surface area contributed by atoms with E-state index in [0.29, 0.717) is 22.8 Å². The van der Waals surface area contributed by atoms with E-state index in [0.717, 1.165) is 5.39 Å². The lowest BCUT2D eigenvalue weighted by molar-refractivity contribution is -0.114. The third-order valence-electron chi connectivity index (χ3n) is 3.84. The Morgan fingerprint density at radius 3 is 2.54 bits per heavy atom. The van der Waals surface area contributed by atoms with Crippen molar-refractivity contribution in [2.45, 2.75) is 6.92 Å². The Hall–Kier alpha value is -3.22. The summed E-state index contributed by atoms with van der Waals surface area (Å²) < 4.78 is 19.8. The van der Waals surface area contributed by atoms with Crippen LogP contribution < -0.4 is 15.0 Å². The number of amides is 1. The second kappa shape index (κ2) is 6.95. The van der Waals surface area contributed by atoms with Crippen molar-refractivity contribution in [1.29, 1.82) is 0 Å². The van der Waals surface area contributed by atoms with Crippen LogP contribution in [0.5, 0.6) is 5.75 Å². The van der Waals surface area contributed by atoms with E-state index < -0.39 is 5.82 Å². The molecule has 0 saturated carbocycles. The Labute approximate surface area is 150 Å². The van der Waals surface area contributed by atoms with E-state index in [1.54, 1.807) is 25.3 Å². The Balaban J connectivity index is 2.15. The number of carbonyl (C=O) groups is 1. The van der Waals surface area contributed by atoms with Gasteiger partial charge in [0.05, 0.1) is 18.2 Å². The molecule has 7 heteroatoms. The summed E-state index contributed by atoms with van der Waals surface area (Å²) in [5.74, 6) is 0.868. The van der Waals surface area contributed by atoms with Gasteiger partial charge in [0, 0.05) is 32.1 Å². The van der Waals surface area contributed by atoms with E-state index >= 15 is 0 Å². The molecule has 134 valence electrons. The number of anilines is 2. The summed E-state index contributed by atoms with van der Waals surface area (Å²) in [5, 5.41) is 3.37. The van der Waals surface area contributed by atoms with E-state index in [9.17, 15) is 9.18 Å². The normalized spacial score (nSPS) is 10.7. The molecule has 0 bridgehead atoms. The maximum atomic E-state index is 14.6. The molecule has 0 spiro atoms. The minimum absolute atomic E-state index is 0.261. The summed E-state index contributed by atoms with van der Waals surface area (Å²) in [4.78, 5) is 22.0. The quantitative estimate of drug-likeness (QED) is 0.777. The second-order valence-corrected chi connectivity index (χ2v) is 6.02. The van der Waals surface area contributed by atoms with Gasteiger partial charge in [0.15, 0.2) is 5.82 Å². The predicted octanol–water partition coefficient (Wildman–Crippen LogP) is 3.47. The molecule has 26 heavy (non-hydrogen) atoms. The molecule has 2 aromatic carbocycles. The average molecular weight is 354 g/mol. The van der Waals surface area contributed by atoms with E-state index in [1.807, 2.05) is 31.1 Å². The average Bonchev–Trinajstić information content (AvgIpc) is 2.59. The predicted molar refractivity (Wildman–Crippen MR) is 100 cm³/mol. The van der Waals surface area contributed by atoms with Crippen molar-refractivity contribution in [2.24, 2.45) is 0 Å². The van der Waals surface area contributed by atoms with E-state index in [1.165, 1.54) is 13.0 Å². The van der Waals surface area contributed by atoms with Gasteiger partial charge in [0.2, 0.25) is 5.91 Å². The SMILES string of the molecule is COc1ccc2nc(-c3ccc(NC(C)=O)cc3F)nc(N(C)C)c2c1. The molecule has 1 heterocycles. The third-order valence-corrected chi connectivity index (χ3v) is 3.84. The van der Waals surface area contributed by atoms with Crippen LogP contribution in [0.15, 0.2) is 36.4 Å². The first kappa shape index (κ1) is 17.6. The Morgan fingerprint density at radius 1 is 1.15 bits per heavy atom. The summed E-state index contributed by atoms with van der Waals surface area (Å²) >= 11 is 0. The van der Waals surface area contributed by atoms with Gasteiger partial charge in [-0.3, -0.25) is 4.79 Å². The summed E-state index contributed by atoms with van der Waals surface area (Å²) in [6, 6.07) is 9.91. The summed E-state index contributed by atoms with van der Waals surface area (Å²) in [5.41, 5.74) is 1.34. The van der Waals surface area contributed by atoms with Crippen LogP contribution in [0, 0.1) is 5.82 Å². The standard InChI is InChI=1S/C19H19FN4O2/c1-11(25)21-12-5-7-14(16(20)9-12)18-22-17-8-6-13(26-4)10-15(17)19(23-18)24(2)3/h5-10H,1-4H3,(H,21,25). The van der Waals surface area contributed by atoms with Gasteiger partial charge in [-0.1, -0.05) is 0 Å². The van der Waals surface area contributed by atoms with E-state index in [2.05, 4.69) is 15.3 Å². The fourth-order valence-corrected chi connectivity index (χ4v) is 2.66. The molecule has 0 aliphatic heterocycles. The molecule has 6 nitrogen and oxygen atoms in total. The van der Waals surface area contributed by atoms with Crippen LogP contribution in [0.1, 0.15) is 6.92 Å². The first-order valence-corrected chi connectivity index (χ1v) is 7.99. The van der Waals surface area contributed by atoms with Gasteiger partial charge in [0.25, 0.3) is 0 Å². The molecular formula is C19H19FN4O2. The molecule has 3 aromatic rings. The minimum Gasteiger partial charge on any atom is -0.497 e. The molecule has 1 amide bonds. The van der Waals surface area contributed by atoms with Crippen LogP contribution >= 0.6 is 0 Å². The largest absolute Gasteiger partial charge is 0.497 e. The van der Waals surface area contributed by atoms with Crippen LogP contribution in [-0.2, 0) is 4.79 Å². The van der Waals surface area contributed by atoms with Crippen molar-refractivity contribution in [3.63, 3.8) is 0 Å². The highest BCUT2D eigenvalue weighted by Gasteiger charge is 2.15. The molecule has 0 aliphatic carbocycles. The van der Waals surface area contributed by atoms with E-state index in [4.69, 9.17) is 4.74 Å². The summed E-state index contributed by atoms with van der Waals surface area (Å²) in [6.07, 6.45) is 0. The van der Waals surface area contributed by atoms with Crippen LogP contribution in [0.3, 0.4) is 0 Å². The number of rotatable bonds is 4. The molecule has 0 atom stereocenters. The first-order valence-electron chi connectivity index (χ1n) is 7.99. The zero-order valence-corrected chi connectivity index (χ0v) is 15.0. The highest BCUT2D eigenvalue weighted by Crippen LogP contribution is 2.31. The van der Waals surface area contributed by atoms with Crippen molar-refractivity contribution in [1.82, 2.24) is 9.97 Å². The van der Waals surface area contributed by atoms with Crippen LogP contribution in [0.2, 0.25) is 0 Å². The first-order chi connectivity index (χ1) is 12.4. The monoisotopic (exact) mass is 354 g/mol. The molecule has 1 N–H and O–H groups in total. The second-order valence-electron chi connectivity index (χ2n) is 6.02. The summed E-state index contributed by atoms with van der Waals surface area (Å²) in [6.45, 7) is 1.37. The Morgan fingerprint density at radius 2 is 1.92 bits per heavy atom. The smallest absolute Gasteiger partial charge is 0.221 e. The van der Waals surface area contributed by atoms with Crippen molar-refractivity contribution in [2.75, 3.05) is 31.4 Å². The minimum atomic E-state index is -0.506. The lowest BCUT2D eigenvalue weighted by Gasteiger charge is -2.16. The van der Waals surface area contributed by atoms with Gasteiger partial charge < -0.3 is 15.0 Å². The lowest BCUT2D eigenvalue weighted by atomic mass is 10.1. The maximum absolute atomic E-state index is 14.6. The number of methoxy groups -OCH3 is 1.